The van der Waals surface area contributed by atoms with E-state index < -0.39 is 30.1 Å². The minimum atomic E-state index is -1.01. The number of hydrogen-bond donors (Lipinski definition) is 2. The van der Waals surface area contributed by atoms with E-state index in [1.807, 2.05) is 36.4 Å². The quantitative estimate of drug-likeness (QED) is 0.770. The number of carbonyl (C=O) groups excluding carboxylic acids is 2. The number of likely N-dealkylation sites (tertiary alicyclic amines) is 1. The van der Waals surface area contributed by atoms with E-state index in [1.54, 1.807) is 6.92 Å². The summed E-state index contributed by atoms with van der Waals surface area (Å²) >= 11 is 0. The maximum atomic E-state index is 12.7. The zero-order chi connectivity index (χ0) is 22.0. The van der Waals surface area contributed by atoms with Crippen LogP contribution in [0.15, 0.2) is 48.5 Å². The summed E-state index contributed by atoms with van der Waals surface area (Å²) in [7, 11) is 0. The highest BCUT2D eigenvalue weighted by molar-refractivity contribution is 5.89. The molecule has 1 aliphatic carbocycles. The fourth-order valence-corrected chi connectivity index (χ4v) is 4.58. The lowest BCUT2D eigenvalue weighted by atomic mass is 9.98. The first-order valence-electron chi connectivity index (χ1n) is 10.6. The van der Waals surface area contributed by atoms with Crippen molar-refractivity contribution in [1.29, 1.82) is 0 Å². The van der Waals surface area contributed by atoms with E-state index in [-0.39, 0.29) is 12.5 Å². The molecule has 2 atom stereocenters. The number of hydrogen-bond acceptors (Lipinski definition) is 4. The number of carboxylic acids is 1. The molecule has 1 heterocycles. The van der Waals surface area contributed by atoms with E-state index in [1.165, 1.54) is 4.90 Å². The number of amides is 2. The van der Waals surface area contributed by atoms with Crippen molar-refractivity contribution in [1.82, 2.24) is 10.2 Å². The van der Waals surface area contributed by atoms with Crippen LogP contribution in [-0.2, 0) is 14.3 Å². The molecule has 0 bridgehead atoms. The van der Waals surface area contributed by atoms with Crippen LogP contribution < -0.4 is 5.32 Å². The molecule has 1 aliphatic heterocycles. The number of benzene rings is 2. The first-order valence-corrected chi connectivity index (χ1v) is 10.6. The Hall–Kier alpha value is -3.35. The fourth-order valence-electron chi connectivity index (χ4n) is 4.58. The predicted octanol–water partition coefficient (Wildman–Crippen LogP) is 3.38. The van der Waals surface area contributed by atoms with Crippen molar-refractivity contribution in [2.45, 2.75) is 44.2 Å². The van der Waals surface area contributed by atoms with Crippen LogP contribution in [0.1, 0.15) is 43.2 Å². The summed E-state index contributed by atoms with van der Waals surface area (Å²) in [4.78, 5) is 38.0. The highest BCUT2D eigenvalue weighted by Crippen LogP contribution is 2.44. The molecule has 1 saturated heterocycles. The Kier molecular flexibility index (Phi) is 5.93. The van der Waals surface area contributed by atoms with Crippen LogP contribution in [0.5, 0.6) is 0 Å². The number of ether oxygens (including phenoxy) is 1. The zero-order valence-corrected chi connectivity index (χ0v) is 17.4. The van der Waals surface area contributed by atoms with E-state index in [2.05, 4.69) is 17.4 Å². The third-order valence-electron chi connectivity index (χ3n) is 6.12. The zero-order valence-electron chi connectivity index (χ0n) is 17.4. The smallest absolute Gasteiger partial charge is 0.407 e. The first kappa shape index (κ1) is 20.9. The van der Waals surface area contributed by atoms with E-state index in [4.69, 9.17) is 4.74 Å². The number of fused-ring (bicyclic) bond motifs is 3. The van der Waals surface area contributed by atoms with E-state index in [9.17, 15) is 19.5 Å². The van der Waals surface area contributed by atoms with Gasteiger partial charge in [0.15, 0.2) is 0 Å². The summed E-state index contributed by atoms with van der Waals surface area (Å²) in [5.74, 6) is -1.48. The van der Waals surface area contributed by atoms with Crippen molar-refractivity contribution in [2.75, 3.05) is 13.2 Å². The minimum Gasteiger partial charge on any atom is -0.480 e. The van der Waals surface area contributed by atoms with Crippen LogP contribution in [0.4, 0.5) is 4.79 Å². The molecule has 0 radical (unpaired) electrons. The molecule has 2 aromatic rings. The van der Waals surface area contributed by atoms with Gasteiger partial charge in [-0.25, -0.2) is 9.59 Å². The SMILES string of the molecule is C[C@H](NC(=O)OCC1c2ccccc2-c2ccccc21)C(=O)N1CCCC[C@H]1C(=O)O. The van der Waals surface area contributed by atoms with Gasteiger partial charge in [0.05, 0.1) is 0 Å². The normalized spacial score (nSPS) is 18.6. The lowest BCUT2D eigenvalue weighted by Gasteiger charge is -2.34. The fraction of sp³-hybridized carbons (Fsp3) is 0.375. The Morgan fingerprint density at radius 1 is 1.06 bits per heavy atom. The molecule has 0 saturated carbocycles. The number of rotatable bonds is 5. The van der Waals surface area contributed by atoms with Crippen LogP contribution in [0.3, 0.4) is 0 Å². The Labute approximate surface area is 181 Å². The molecule has 0 unspecified atom stereocenters. The summed E-state index contributed by atoms with van der Waals surface area (Å²) in [5, 5.41) is 11.9. The lowest BCUT2D eigenvalue weighted by Crippen LogP contribution is -2.54. The molecule has 2 aromatic carbocycles. The van der Waals surface area contributed by atoms with Gasteiger partial charge in [0.1, 0.15) is 18.7 Å². The van der Waals surface area contributed by atoms with Crippen molar-refractivity contribution in [3.8, 4) is 11.1 Å². The van der Waals surface area contributed by atoms with Gasteiger partial charge in [-0.2, -0.15) is 0 Å². The van der Waals surface area contributed by atoms with Gasteiger partial charge in [-0.3, -0.25) is 4.79 Å². The van der Waals surface area contributed by atoms with Crippen LogP contribution in [0.25, 0.3) is 11.1 Å². The average molecular weight is 422 g/mol. The molecule has 1 fully saturated rings. The number of carbonyl (C=O) groups is 3. The molecule has 2 amide bonds. The Morgan fingerprint density at radius 2 is 1.68 bits per heavy atom. The summed E-state index contributed by atoms with van der Waals surface area (Å²) in [5.41, 5.74) is 4.50. The van der Waals surface area contributed by atoms with Crippen LogP contribution in [0.2, 0.25) is 0 Å². The molecule has 0 spiro atoms. The Balaban J connectivity index is 1.38. The Morgan fingerprint density at radius 3 is 2.29 bits per heavy atom. The van der Waals surface area contributed by atoms with Gasteiger partial charge in [-0.15, -0.1) is 0 Å². The van der Waals surface area contributed by atoms with Crippen molar-refractivity contribution in [3.63, 3.8) is 0 Å². The molecule has 7 heteroatoms. The second-order valence-electron chi connectivity index (χ2n) is 8.07. The van der Waals surface area contributed by atoms with Crippen molar-refractivity contribution in [3.05, 3.63) is 59.7 Å². The standard InChI is InChI=1S/C24H26N2O5/c1-15(22(27)26-13-7-6-12-21(26)23(28)29)25-24(30)31-14-20-18-10-4-2-8-16(18)17-9-3-5-11-19(17)20/h2-5,8-11,15,20-21H,6-7,12-14H2,1H3,(H,25,30)(H,28,29)/t15-,21-/m0/s1. The topological polar surface area (TPSA) is 95.9 Å². The summed E-state index contributed by atoms with van der Waals surface area (Å²) in [6.45, 7) is 2.09. The van der Waals surface area contributed by atoms with Gasteiger partial charge in [0, 0.05) is 12.5 Å². The monoisotopic (exact) mass is 422 g/mol. The third kappa shape index (κ3) is 4.13. The second-order valence-corrected chi connectivity index (χ2v) is 8.07. The van der Waals surface area contributed by atoms with Gasteiger partial charge in [0.2, 0.25) is 5.91 Å². The average Bonchev–Trinajstić information content (AvgIpc) is 3.11. The summed E-state index contributed by atoms with van der Waals surface area (Å²) < 4.78 is 5.49. The van der Waals surface area contributed by atoms with E-state index >= 15 is 0 Å². The molecule has 4 rings (SSSR count). The Bertz CT molecular complexity index is 959. The molecule has 31 heavy (non-hydrogen) atoms. The number of piperidine rings is 1. The van der Waals surface area contributed by atoms with Gasteiger partial charge >= 0.3 is 12.1 Å². The van der Waals surface area contributed by atoms with Crippen molar-refractivity contribution < 1.29 is 24.2 Å². The molecule has 162 valence electrons. The molecular weight excluding hydrogens is 396 g/mol. The van der Waals surface area contributed by atoms with E-state index in [0.717, 1.165) is 35.1 Å². The molecule has 2 N–H and O–H groups in total. The maximum Gasteiger partial charge on any atom is 0.407 e. The molecular formula is C24H26N2O5. The van der Waals surface area contributed by atoms with Gasteiger partial charge in [-0.1, -0.05) is 48.5 Å². The number of nitrogens with zero attached hydrogens (tertiary/aromatic N) is 1. The number of carboxylic acid groups (broad SMARTS) is 1. The maximum absolute atomic E-state index is 12.7. The molecule has 0 aromatic heterocycles. The number of aliphatic carboxylic acids is 1. The minimum absolute atomic E-state index is 0.0670. The number of alkyl carbamates (subject to hydrolysis) is 1. The van der Waals surface area contributed by atoms with Gasteiger partial charge in [0.25, 0.3) is 0 Å². The second kappa shape index (κ2) is 8.79. The van der Waals surface area contributed by atoms with Crippen LogP contribution >= 0.6 is 0 Å². The molecule has 7 nitrogen and oxygen atoms in total. The van der Waals surface area contributed by atoms with Gasteiger partial charge in [-0.05, 0) is 48.4 Å². The molecule has 2 aliphatic rings. The first-order chi connectivity index (χ1) is 15.0. The van der Waals surface area contributed by atoms with Crippen LogP contribution in [-0.4, -0.2) is 53.2 Å². The largest absolute Gasteiger partial charge is 0.480 e. The van der Waals surface area contributed by atoms with Crippen molar-refractivity contribution >= 4 is 18.0 Å². The van der Waals surface area contributed by atoms with Gasteiger partial charge < -0.3 is 20.1 Å². The number of nitrogens with one attached hydrogen (secondary N) is 1. The van der Waals surface area contributed by atoms with Crippen LogP contribution in [0, 0.1) is 0 Å². The summed E-state index contributed by atoms with van der Waals surface area (Å²) in [6, 6.07) is 14.4. The third-order valence-corrected chi connectivity index (χ3v) is 6.12. The highest BCUT2D eigenvalue weighted by Gasteiger charge is 2.35. The van der Waals surface area contributed by atoms with Crippen molar-refractivity contribution in [2.24, 2.45) is 0 Å². The predicted molar refractivity (Wildman–Crippen MR) is 115 cm³/mol. The summed E-state index contributed by atoms with van der Waals surface area (Å²) in [6.07, 6.45) is 1.27. The lowest BCUT2D eigenvalue weighted by molar-refractivity contribution is -0.152. The highest BCUT2D eigenvalue weighted by atomic mass is 16.5. The van der Waals surface area contributed by atoms with E-state index in [0.29, 0.717) is 13.0 Å².